The highest BCUT2D eigenvalue weighted by Gasteiger charge is 2.26. The Balaban J connectivity index is 1.35. The third kappa shape index (κ3) is 4.59. The van der Waals surface area contributed by atoms with Crippen LogP contribution < -0.4 is 20.8 Å². The topological polar surface area (TPSA) is 33.8 Å². The molecule has 186 valence electrons. The van der Waals surface area contributed by atoms with Gasteiger partial charge in [-0.1, -0.05) is 54.6 Å². The van der Waals surface area contributed by atoms with Gasteiger partial charge < -0.3 is 15.2 Å². The maximum atomic E-state index is 3.85. The lowest BCUT2D eigenvalue weighted by atomic mass is 10.0. The van der Waals surface area contributed by atoms with Gasteiger partial charge in [0.1, 0.15) is 0 Å². The normalized spacial score (nSPS) is 15.4. The van der Waals surface area contributed by atoms with Crippen molar-refractivity contribution in [2.75, 3.05) is 29.6 Å². The van der Waals surface area contributed by atoms with Gasteiger partial charge in [0.05, 0.1) is 18.9 Å². The van der Waals surface area contributed by atoms with Crippen molar-refractivity contribution in [2.24, 2.45) is 0 Å². The van der Waals surface area contributed by atoms with Crippen LogP contribution in [0.25, 0.3) is 11.8 Å². The van der Waals surface area contributed by atoms with Crippen LogP contribution in [0.1, 0.15) is 44.5 Å². The van der Waals surface area contributed by atoms with Crippen LogP contribution in [-0.4, -0.2) is 24.8 Å². The van der Waals surface area contributed by atoms with E-state index in [4.69, 9.17) is 0 Å². The molecule has 0 spiro atoms. The predicted octanol–water partition coefficient (Wildman–Crippen LogP) is 5.98. The summed E-state index contributed by atoms with van der Waals surface area (Å²) in [6.45, 7) is 18.8. The first-order chi connectivity index (χ1) is 17.3. The fourth-order valence-corrected chi connectivity index (χ4v) is 5.85. The monoisotopic (exact) mass is 479 g/mol. The predicted molar refractivity (Wildman–Crippen MR) is 152 cm³/mol. The number of nitrogens with one attached hydrogen (secondary N) is 2. The van der Waals surface area contributed by atoms with Crippen molar-refractivity contribution in [3.63, 3.8) is 0 Å². The van der Waals surface area contributed by atoms with Crippen LogP contribution in [0.4, 0.5) is 11.4 Å². The van der Waals surface area contributed by atoms with E-state index in [1.807, 2.05) is 12.3 Å². The zero-order chi connectivity index (χ0) is 25.4. The highest BCUT2D eigenvalue weighted by atomic mass is 15.7. The summed E-state index contributed by atoms with van der Waals surface area (Å²) >= 11 is 0. The molecule has 0 aromatic heterocycles. The molecule has 5 nitrogen and oxygen atoms in total. The SMILES string of the molecule is C=Cc1ccc(CN2NNC=C2c2cc(C)c(N3CCN(c4c(C)cc(C)cc4C)C3)c(C)c2)cc1. The Labute approximate surface area is 215 Å². The molecule has 3 aromatic carbocycles. The second kappa shape index (κ2) is 9.75. The molecule has 36 heavy (non-hydrogen) atoms. The molecule has 2 aliphatic rings. The van der Waals surface area contributed by atoms with E-state index in [0.717, 1.165) is 37.6 Å². The number of hydrogen-bond acceptors (Lipinski definition) is 5. The number of rotatable bonds is 6. The van der Waals surface area contributed by atoms with Crippen LogP contribution in [-0.2, 0) is 6.54 Å². The lowest BCUT2D eigenvalue weighted by Crippen LogP contribution is -2.36. The maximum absolute atomic E-state index is 3.85. The number of anilines is 2. The molecule has 2 N–H and O–H groups in total. The van der Waals surface area contributed by atoms with Crippen molar-refractivity contribution in [3.8, 4) is 0 Å². The van der Waals surface area contributed by atoms with Crippen molar-refractivity contribution in [1.29, 1.82) is 0 Å². The summed E-state index contributed by atoms with van der Waals surface area (Å²) in [7, 11) is 0. The van der Waals surface area contributed by atoms with Gasteiger partial charge in [-0.25, -0.2) is 0 Å². The lowest BCUT2D eigenvalue weighted by molar-refractivity contribution is 0.279. The van der Waals surface area contributed by atoms with Crippen LogP contribution in [0.2, 0.25) is 0 Å². The molecular formula is C31H37N5. The summed E-state index contributed by atoms with van der Waals surface area (Å²) in [4.78, 5) is 5.06. The van der Waals surface area contributed by atoms with E-state index >= 15 is 0 Å². The molecule has 5 rings (SSSR count). The van der Waals surface area contributed by atoms with E-state index in [0.29, 0.717) is 0 Å². The van der Waals surface area contributed by atoms with Crippen molar-refractivity contribution < 1.29 is 0 Å². The van der Waals surface area contributed by atoms with E-state index < -0.39 is 0 Å². The van der Waals surface area contributed by atoms with Crippen LogP contribution in [0.15, 0.2) is 61.3 Å². The van der Waals surface area contributed by atoms with Crippen molar-refractivity contribution in [1.82, 2.24) is 16.0 Å². The minimum Gasteiger partial charge on any atom is -0.352 e. The minimum atomic E-state index is 0.770. The number of aryl methyl sites for hydroxylation is 5. The molecule has 0 bridgehead atoms. The average molecular weight is 480 g/mol. The third-order valence-electron chi connectivity index (χ3n) is 7.29. The van der Waals surface area contributed by atoms with Gasteiger partial charge >= 0.3 is 0 Å². The number of benzene rings is 3. The third-order valence-corrected chi connectivity index (χ3v) is 7.29. The fraction of sp³-hybridized carbons (Fsp3) is 0.290. The summed E-state index contributed by atoms with van der Waals surface area (Å²) in [5, 5.41) is 2.16. The standard InChI is InChI=1S/C31H37N5/c1-7-26-8-10-27(11-9-26)19-36-29(18-32-33-36)28-16-24(5)31(25(6)17-28)35-13-12-34(20-35)30-22(3)14-21(2)15-23(30)4/h7-11,14-18,32-33H,1,12-13,19-20H2,2-6H3. The molecule has 0 atom stereocenters. The molecule has 3 aromatic rings. The van der Waals surface area contributed by atoms with Gasteiger partial charge in [0.2, 0.25) is 0 Å². The van der Waals surface area contributed by atoms with Crippen LogP contribution in [0, 0.1) is 34.6 Å². The van der Waals surface area contributed by atoms with Gasteiger partial charge in [-0.15, -0.1) is 5.53 Å². The van der Waals surface area contributed by atoms with Gasteiger partial charge in [0, 0.05) is 36.2 Å². The second-order valence-corrected chi connectivity index (χ2v) is 10.2. The highest BCUT2D eigenvalue weighted by Crippen LogP contribution is 2.35. The summed E-state index contributed by atoms with van der Waals surface area (Å²) in [5.74, 6) is 0. The Morgan fingerprint density at radius 3 is 1.92 bits per heavy atom. The highest BCUT2D eigenvalue weighted by molar-refractivity contribution is 5.72. The fourth-order valence-electron chi connectivity index (χ4n) is 5.85. The van der Waals surface area contributed by atoms with Gasteiger partial charge in [-0.3, -0.25) is 5.01 Å². The van der Waals surface area contributed by atoms with E-state index in [2.05, 4.69) is 115 Å². The molecule has 0 radical (unpaired) electrons. The Bertz CT molecular complexity index is 1280. The van der Waals surface area contributed by atoms with E-state index in [1.165, 1.54) is 50.3 Å². The molecule has 0 unspecified atom stereocenters. The zero-order valence-electron chi connectivity index (χ0n) is 22.2. The first-order valence-corrected chi connectivity index (χ1v) is 12.7. The van der Waals surface area contributed by atoms with Crippen LogP contribution in [0.5, 0.6) is 0 Å². The van der Waals surface area contributed by atoms with Crippen molar-refractivity contribution in [3.05, 3.63) is 106 Å². The van der Waals surface area contributed by atoms with E-state index in [-0.39, 0.29) is 0 Å². The molecule has 1 saturated heterocycles. The second-order valence-electron chi connectivity index (χ2n) is 10.2. The molecule has 5 heteroatoms. The molecule has 1 fully saturated rings. The van der Waals surface area contributed by atoms with Gasteiger partial charge in [-0.05, 0) is 80.1 Å². The molecule has 0 aliphatic carbocycles. The van der Waals surface area contributed by atoms with Gasteiger partial charge in [0.15, 0.2) is 0 Å². The first-order valence-electron chi connectivity index (χ1n) is 12.7. The maximum Gasteiger partial charge on any atom is 0.0904 e. The number of nitrogens with zero attached hydrogens (tertiary/aromatic N) is 3. The Morgan fingerprint density at radius 1 is 0.806 bits per heavy atom. The number of hydrogen-bond donors (Lipinski definition) is 2. The molecule has 2 heterocycles. The summed E-state index contributed by atoms with van der Waals surface area (Å²) in [6.07, 6.45) is 3.92. The van der Waals surface area contributed by atoms with Crippen molar-refractivity contribution in [2.45, 2.75) is 41.2 Å². The summed E-state index contributed by atoms with van der Waals surface area (Å²) < 4.78 is 0. The smallest absolute Gasteiger partial charge is 0.0904 e. The van der Waals surface area contributed by atoms with E-state index in [1.54, 1.807) is 0 Å². The largest absolute Gasteiger partial charge is 0.352 e. The van der Waals surface area contributed by atoms with Crippen molar-refractivity contribution >= 4 is 23.1 Å². The van der Waals surface area contributed by atoms with Gasteiger partial charge in [0.25, 0.3) is 0 Å². The molecule has 0 saturated carbocycles. The summed E-state index contributed by atoms with van der Waals surface area (Å²) in [5.41, 5.74) is 20.7. The van der Waals surface area contributed by atoms with Crippen LogP contribution in [0.3, 0.4) is 0 Å². The van der Waals surface area contributed by atoms with Gasteiger partial charge in [-0.2, -0.15) is 0 Å². The first kappa shape index (κ1) is 24.0. The molecular weight excluding hydrogens is 442 g/mol. The average Bonchev–Trinajstić information content (AvgIpc) is 3.48. The number of hydrazine groups is 2. The zero-order valence-corrected chi connectivity index (χ0v) is 22.2. The lowest BCUT2D eigenvalue weighted by Gasteiger charge is -2.27. The Kier molecular flexibility index (Phi) is 6.50. The quantitative estimate of drug-likeness (QED) is 0.455. The Hall–Kier alpha value is -3.70. The van der Waals surface area contributed by atoms with E-state index in [9.17, 15) is 0 Å². The van der Waals surface area contributed by atoms with Crippen LogP contribution >= 0.6 is 0 Å². The summed E-state index contributed by atoms with van der Waals surface area (Å²) in [6, 6.07) is 17.8. The Morgan fingerprint density at radius 2 is 1.36 bits per heavy atom. The molecule has 2 aliphatic heterocycles. The minimum absolute atomic E-state index is 0.770. The molecule has 0 amide bonds.